The number of likely N-dealkylation sites (N-methyl/N-ethyl adjacent to an activating group) is 1. The van der Waals surface area contributed by atoms with E-state index < -0.39 is 26.5 Å². The van der Waals surface area contributed by atoms with Gasteiger partial charge >= 0.3 is 11.9 Å². The Hall–Kier alpha value is -4.63. The first kappa shape index (κ1) is 99.4. The third-order valence-corrected chi connectivity index (χ3v) is 19.2. The first-order chi connectivity index (χ1) is 51.0. The lowest BCUT2D eigenvalue weighted by atomic mass is 10.0. The summed E-state index contributed by atoms with van der Waals surface area (Å²) >= 11 is 0. The smallest absolute Gasteiger partial charge is 0.306 e. The zero-order valence-electron chi connectivity index (χ0n) is 67.9. The average Bonchev–Trinajstić information content (AvgIpc) is 0.920. The van der Waals surface area contributed by atoms with E-state index in [2.05, 4.69) is 184 Å². The van der Waals surface area contributed by atoms with Crippen LogP contribution >= 0.6 is 7.82 Å². The number of phosphoric acid groups is 1. The minimum atomic E-state index is -4.65. The van der Waals surface area contributed by atoms with E-state index in [0.717, 1.165) is 128 Å². The highest BCUT2D eigenvalue weighted by Crippen LogP contribution is 2.38. The van der Waals surface area contributed by atoms with Gasteiger partial charge in [0.25, 0.3) is 7.82 Å². The van der Waals surface area contributed by atoms with Crippen LogP contribution in [0.15, 0.2) is 170 Å². The largest absolute Gasteiger partial charge is 0.756 e. The molecule has 9 nitrogen and oxygen atoms in total. The number of phosphoric ester groups is 1. The SMILES string of the molecule is CC/C=C\C/C=C\C/C=C\C/C=C\C/C=C\C/C=C\C/C=C\CCCCCCCCCCCCCCCCCCCCCC(=O)OC(COC(=O)CCCCCCCCCCCCCCCCCCC/C=C\C/C=C\C/C=C\C/C=C\C/C=C\C/C=C\C/C=C\CC)COP(=O)([O-])OCC[N+](C)(C)C. The molecule has 594 valence electrons. The highest BCUT2D eigenvalue weighted by atomic mass is 31.2. The summed E-state index contributed by atoms with van der Waals surface area (Å²) < 4.78 is 34.5. The highest BCUT2D eigenvalue weighted by Gasteiger charge is 2.22. The van der Waals surface area contributed by atoms with Crippen LogP contribution in [-0.4, -0.2) is 70.0 Å². The molecule has 0 rings (SSSR count). The summed E-state index contributed by atoms with van der Waals surface area (Å²) in [6.45, 7) is 4.04. The number of carbonyl (C=O) groups is 2. The maximum Gasteiger partial charge on any atom is 0.306 e. The molecule has 0 aliphatic carbocycles. The molecule has 0 saturated carbocycles. The van der Waals surface area contributed by atoms with Gasteiger partial charge in [0.15, 0.2) is 6.10 Å². The van der Waals surface area contributed by atoms with Crippen LogP contribution in [0, 0.1) is 0 Å². The van der Waals surface area contributed by atoms with Gasteiger partial charge in [-0.15, -0.1) is 0 Å². The van der Waals surface area contributed by atoms with Crippen LogP contribution in [0.5, 0.6) is 0 Å². The van der Waals surface area contributed by atoms with Gasteiger partial charge in [-0.05, 0) is 128 Å². The van der Waals surface area contributed by atoms with Crippen molar-refractivity contribution in [3.63, 3.8) is 0 Å². The minimum absolute atomic E-state index is 0.0344. The van der Waals surface area contributed by atoms with Crippen LogP contribution < -0.4 is 4.89 Å². The van der Waals surface area contributed by atoms with Crippen LogP contribution in [-0.2, 0) is 32.7 Å². The number of allylic oxidation sites excluding steroid dienone is 28. The van der Waals surface area contributed by atoms with Gasteiger partial charge < -0.3 is 27.9 Å². The van der Waals surface area contributed by atoms with Gasteiger partial charge in [-0.1, -0.05) is 389 Å². The Labute approximate surface area is 642 Å². The Balaban J connectivity index is 3.95. The maximum absolute atomic E-state index is 12.9. The quantitative estimate of drug-likeness (QED) is 0.0195. The minimum Gasteiger partial charge on any atom is -0.756 e. The van der Waals surface area contributed by atoms with E-state index in [1.165, 1.54) is 199 Å². The van der Waals surface area contributed by atoms with Crippen LogP contribution in [0.2, 0.25) is 0 Å². The van der Waals surface area contributed by atoms with E-state index in [1.807, 2.05) is 21.1 Å². The van der Waals surface area contributed by atoms with Crippen molar-refractivity contribution in [3.8, 4) is 0 Å². The predicted octanol–water partition coefficient (Wildman–Crippen LogP) is 28.5. The molecule has 0 amide bonds. The fourth-order valence-electron chi connectivity index (χ4n) is 11.8. The second-order valence-corrected chi connectivity index (χ2v) is 30.8. The molecule has 0 aromatic heterocycles. The first-order valence-electron chi connectivity index (χ1n) is 42.8. The van der Waals surface area contributed by atoms with Crippen molar-refractivity contribution >= 4 is 19.8 Å². The summed E-state index contributed by atoms with van der Waals surface area (Å²) in [6, 6.07) is 0. The second-order valence-electron chi connectivity index (χ2n) is 29.4. The van der Waals surface area contributed by atoms with Gasteiger partial charge in [-0.2, -0.15) is 0 Å². The van der Waals surface area contributed by atoms with Crippen molar-refractivity contribution in [2.75, 3.05) is 47.5 Å². The Morgan fingerprint density at radius 1 is 0.298 bits per heavy atom. The van der Waals surface area contributed by atoms with E-state index in [-0.39, 0.29) is 32.0 Å². The summed E-state index contributed by atoms with van der Waals surface area (Å²) in [6.07, 6.45) is 125. The number of hydrogen-bond acceptors (Lipinski definition) is 8. The third kappa shape index (κ3) is 86.3. The first-order valence-corrected chi connectivity index (χ1v) is 44.3. The molecule has 0 fully saturated rings. The molecule has 2 unspecified atom stereocenters. The summed E-state index contributed by atoms with van der Waals surface area (Å²) in [7, 11) is 1.17. The van der Waals surface area contributed by atoms with Gasteiger partial charge in [0.05, 0.1) is 27.7 Å². The van der Waals surface area contributed by atoms with Crippen LogP contribution in [0.3, 0.4) is 0 Å². The molecule has 0 radical (unpaired) electrons. The monoisotopic (exact) mass is 1460 g/mol. The topological polar surface area (TPSA) is 111 Å². The van der Waals surface area contributed by atoms with Crippen LogP contribution in [0.4, 0.5) is 0 Å². The Bertz CT molecular complexity index is 2370. The number of ether oxygens (including phenoxy) is 2. The van der Waals surface area contributed by atoms with E-state index in [0.29, 0.717) is 17.4 Å². The number of quaternary nitrogens is 1. The van der Waals surface area contributed by atoms with Gasteiger partial charge in [0.1, 0.15) is 19.8 Å². The molecule has 2 atom stereocenters. The summed E-state index contributed by atoms with van der Waals surface area (Å²) in [5.74, 6) is -0.824. The number of unbranched alkanes of at least 4 members (excludes halogenated alkanes) is 36. The van der Waals surface area contributed by atoms with Crippen molar-refractivity contribution in [1.82, 2.24) is 0 Å². The normalized spacial score (nSPS) is 13.9. The second kappa shape index (κ2) is 82.4. The van der Waals surface area contributed by atoms with Crippen LogP contribution in [0.25, 0.3) is 0 Å². The Morgan fingerprint density at radius 2 is 0.519 bits per heavy atom. The molecule has 0 saturated heterocycles. The summed E-state index contributed by atoms with van der Waals surface area (Å²) in [5, 5.41) is 0. The standard InChI is InChI=1S/C94H160NO8P/c1-6-8-10-12-14-16-18-20-22-24-26-28-30-32-34-36-38-40-42-44-46-47-49-51-53-55-57-59-61-63-65-67-69-71-73-75-77-79-81-83-85-87-94(97)103-92(91-102-104(98,99)101-89-88-95(3,4)5)90-100-93(96)86-84-82-80-78-76-74-72-70-68-66-64-62-60-58-56-54-52-50-48-45-43-41-39-37-35-33-31-29-27-25-23-21-19-17-15-13-11-9-7-2/h8-11,14-17,20-23,26-29,32-35,38-41,44-46,48,92H,6-7,12-13,18-19,24-25,30-31,36-37,42-43,47,49-91H2,1-5H3/b10-8-,11-9-,16-14-,17-15-,22-20-,23-21-,28-26-,29-27-,34-32-,35-33-,40-38-,41-39-,46-44-,48-45-. The zero-order valence-corrected chi connectivity index (χ0v) is 68.8. The van der Waals surface area contributed by atoms with E-state index in [1.54, 1.807) is 0 Å². The Morgan fingerprint density at radius 3 is 0.769 bits per heavy atom. The molecule has 0 N–H and O–H groups in total. The van der Waals surface area contributed by atoms with Crippen molar-refractivity contribution in [1.29, 1.82) is 0 Å². The molecule has 0 heterocycles. The predicted molar refractivity (Wildman–Crippen MR) is 452 cm³/mol. The van der Waals surface area contributed by atoms with Gasteiger partial charge in [-0.3, -0.25) is 14.2 Å². The molecule has 0 aliphatic rings. The van der Waals surface area contributed by atoms with Gasteiger partial charge in [0.2, 0.25) is 0 Å². The van der Waals surface area contributed by atoms with E-state index in [9.17, 15) is 19.0 Å². The van der Waals surface area contributed by atoms with Gasteiger partial charge in [0, 0.05) is 12.8 Å². The molecule has 10 heteroatoms. The number of esters is 2. The lowest BCUT2D eigenvalue weighted by Crippen LogP contribution is -2.37. The Kier molecular flexibility index (Phi) is 78.8. The molecule has 104 heavy (non-hydrogen) atoms. The lowest BCUT2D eigenvalue weighted by Gasteiger charge is -2.28. The fraction of sp³-hybridized carbons (Fsp3) is 0.681. The third-order valence-electron chi connectivity index (χ3n) is 18.2. The van der Waals surface area contributed by atoms with Crippen molar-refractivity contribution < 1.29 is 42.1 Å². The zero-order chi connectivity index (χ0) is 75.4. The maximum atomic E-state index is 12.9. The van der Waals surface area contributed by atoms with Crippen molar-refractivity contribution in [2.45, 2.75) is 367 Å². The molecule has 0 spiro atoms. The fourth-order valence-corrected chi connectivity index (χ4v) is 12.5. The molecule has 0 bridgehead atoms. The van der Waals surface area contributed by atoms with Crippen LogP contribution in [0.1, 0.15) is 361 Å². The number of hydrogen-bond donors (Lipinski definition) is 0. The van der Waals surface area contributed by atoms with Crippen molar-refractivity contribution in [2.24, 2.45) is 0 Å². The van der Waals surface area contributed by atoms with E-state index in [4.69, 9.17) is 18.5 Å². The highest BCUT2D eigenvalue weighted by molar-refractivity contribution is 7.45. The molecule has 0 aromatic rings. The molecule has 0 aliphatic heterocycles. The molecular formula is C94H160NO8P. The van der Waals surface area contributed by atoms with Crippen molar-refractivity contribution in [3.05, 3.63) is 170 Å². The number of nitrogens with zero attached hydrogens (tertiary/aromatic N) is 1. The number of carbonyl (C=O) groups excluding carboxylic acids is 2. The lowest BCUT2D eigenvalue weighted by molar-refractivity contribution is -0.870. The summed E-state index contributed by atoms with van der Waals surface area (Å²) in [4.78, 5) is 38.3. The number of rotatable bonds is 78. The summed E-state index contributed by atoms with van der Waals surface area (Å²) in [5.41, 5.74) is 0. The average molecular weight is 1460 g/mol. The molecular weight excluding hydrogens is 1300 g/mol. The van der Waals surface area contributed by atoms with Gasteiger partial charge in [-0.25, -0.2) is 0 Å². The van der Waals surface area contributed by atoms with E-state index >= 15 is 0 Å². The molecule has 0 aromatic carbocycles.